The molecule has 3 heterocycles. The zero-order valence-corrected chi connectivity index (χ0v) is 16.1. The van der Waals surface area contributed by atoms with Crippen LogP contribution < -0.4 is 10.2 Å². The first-order valence-electron chi connectivity index (χ1n) is 9.49. The Bertz CT molecular complexity index is 945. The maximum Gasteiger partial charge on any atom is 0.242 e. The molecule has 1 aromatic carbocycles. The van der Waals surface area contributed by atoms with Crippen molar-refractivity contribution in [2.24, 2.45) is 0 Å². The number of aromatic nitrogens is 4. The second-order valence-electron chi connectivity index (χ2n) is 7.20. The molecule has 0 spiro atoms. The van der Waals surface area contributed by atoms with Crippen LogP contribution in [0.1, 0.15) is 19.4 Å². The number of hydrogen-bond acceptors (Lipinski definition) is 6. The molecule has 2 unspecified atom stereocenters. The van der Waals surface area contributed by atoms with Gasteiger partial charge in [-0.3, -0.25) is 4.79 Å². The molecule has 3 aromatic rings. The van der Waals surface area contributed by atoms with E-state index in [0.717, 1.165) is 35.5 Å². The number of anilines is 1. The Kier molecular flexibility index (Phi) is 5.21. The number of nitrogens with zero attached hydrogens (tertiary/aromatic N) is 5. The first kappa shape index (κ1) is 18.4. The summed E-state index contributed by atoms with van der Waals surface area (Å²) in [5, 5.41) is 11.0. The maximum atomic E-state index is 12.3. The molecule has 0 radical (unpaired) electrons. The molecule has 1 amide bonds. The second kappa shape index (κ2) is 7.93. The molecule has 1 aliphatic rings. The van der Waals surface area contributed by atoms with Gasteiger partial charge >= 0.3 is 0 Å². The van der Waals surface area contributed by atoms with E-state index in [9.17, 15) is 4.79 Å². The van der Waals surface area contributed by atoms with Gasteiger partial charge in [0.1, 0.15) is 17.9 Å². The third kappa shape index (κ3) is 4.12. The number of carbonyl (C=O) groups excluding carboxylic acids is 1. The summed E-state index contributed by atoms with van der Waals surface area (Å²) in [6, 6.07) is 11.6. The van der Waals surface area contributed by atoms with E-state index in [-0.39, 0.29) is 24.7 Å². The van der Waals surface area contributed by atoms with Crippen molar-refractivity contribution in [2.45, 2.75) is 39.1 Å². The lowest BCUT2D eigenvalue weighted by Gasteiger charge is -2.36. The first-order chi connectivity index (χ1) is 13.6. The largest absolute Gasteiger partial charge is 0.372 e. The minimum absolute atomic E-state index is 0.115. The predicted molar refractivity (Wildman–Crippen MR) is 106 cm³/mol. The van der Waals surface area contributed by atoms with E-state index in [1.54, 1.807) is 4.68 Å². The Hall–Kier alpha value is -3.00. The van der Waals surface area contributed by atoms with E-state index in [1.165, 1.54) is 0 Å². The summed E-state index contributed by atoms with van der Waals surface area (Å²) < 4.78 is 7.37. The number of hydrogen-bond donors (Lipinski definition) is 1. The van der Waals surface area contributed by atoms with Crippen molar-refractivity contribution in [1.82, 2.24) is 25.3 Å². The van der Waals surface area contributed by atoms with E-state index in [4.69, 9.17) is 4.74 Å². The third-order valence-corrected chi connectivity index (χ3v) is 4.76. The topological polar surface area (TPSA) is 85.2 Å². The van der Waals surface area contributed by atoms with Gasteiger partial charge in [0.15, 0.2) is 0 Å². The van der Waals surface area contributed by atoms with Crippen molar-refractivity contribution < 1.29 is 9.53 Å². The van der Waals surface area contributed by atoms with Crippen LogP contribution in [-0.4, -0.2) is 51.2 Å². The van der Waals surface area contributed by atoms with Gasteiger partial charge in [-0.15, -0.1) is 5.10 Å². The lowest BCUT2D eigenvalue weighted by molar-refractivity contribution is -0.121. The molecule has 2 aromatic heterocycles. The minimum atomic E-state index is -0.115. The summed E-state index contributed by atoms with van der Waals surface area (Å²) in [5.41, 5.74) is 2.58. The van der Waals surface area contributed by atoms with Crippen molar-refractivity contribution in [3.05, 3.63) is 48.2 Å². The monoisotopic (exact) mass is 380 g/mol. The van der Waals surface area contributed by atoms with Gasteiger partial charge in [0.25, 0.3) is 0 Å². The van der Waals surface area contributed by atoms with Gasteiger partial charge in [-0.2, -0.15) is 0 Å². The number of fused-ring (bicyclic) bond motifs is 1. The number of ether oxygens (including phenoxy) is 1. The van der Waals surface area contributed by atoms with Gasteiger partial charge in [0, 0.05) is 25.8 Å². The predicted octanol–water partition coefficient (Wildman–Crippen LogP) is 1.76. The highest BCUT2D eigenvalue weighted by atomic mass is 16.5. The molecule has 0 saturated carbocycles. The Morgan fingerprint density at radius 1 is 1.18 bits per heavy atom. The van der Waals surface area contributed by atoms with Crippen molar-refractivity contribution in [3.63, 3.8) is 0 Å². The normalized spacial score (nSPS) is 19.7. The number of rotatable bonds is 5. The minimum Gasteiger partial charge on any atom is -0.372 e. The quantitative estimate of drug-likeness (QED) is 0.726. The zero-order valence-electron chi connectivity index (χ0n) is 16.1. The second-order valence-corrected chi connectivity index (χ2v) is 7.20. The summed E-state index contributed by atoms with van der Waals surface area (Å²) in [6.45, 7) is 6.37. The third-order valence-electron chi connectivity index (χ3n) is 4.76. The lowest BCUT2D eigenvalue weighted by atomic mass is 10.2. The number of carbonyl (C=O) groups is 1. The van der Waals surface area contributed by atoms with Crippen LogP contribution in [0, 0.1) is 0 Å². The Morgan fingerprint density at radius 2 is 1.96 bits per heavy atom. The maximum absolute atomic E-state index is 12.3. The number of para-hydroxylation sites is 1. The van der Waals surface area contributed by atoms with Crippen molar-refractivity contribution >= 4 is 22.8 Å². The molecule has 8 heteroatoms. The van der Waals surface area contributed by atoms with Gasteiger partial charge in [-0.25, -0.2) is 9.67 Å². The fourth-order valence-electron chi connectivity index (χ4n) is 3.50. The number of pyridine rings is 1. The zero-order chi connectivity index (χ0) is 19.5. The SMILES string of the molecule is CC1CN(c2ccc(CNC(=O)Cn3nnc4ccccc43)cn2)CC(C)O1. The van der Waals surface area contributed by atoms with Crippen molar-refractivity contribution in [3.8, 4) is 0 Å². The molecule has 146 valence electrons. The molecule has 0 aliphatic carbocycles. The lowest BCUT2D eigenvalue weighted by Crippen LogP contribution is -2.45. The summed E-state index contributed by atoms with van der Waals surface area (Å²) in [6.07, 6.45) is 2.19. The highest BCUT2D eigenvalue weighted by Gasteiger charge is 2.23. The molecule has 4 rings (SSSR count). The molecular weight excluding hydrogens is 356 g/mol. The van der Waals surface area contributed by atoms with Crippen LogP contribution >= 0.6 is 0 Å². The summed E-state index contributed by atoms with van der Waals surface area (Å²) >= 11 is 0. The molecule has 1 saturated heterocycles. The van der Waals surface area contributed by atoms with E-state index < -0.39 is 0 Å². The smallest absolute Gasteiger partial charge is 0.242 e. The van der Waals surface area contributed by atoms with Crippen LogP contribution in [-0.2, 0) is 22.6 Å². The number of morpholine rings is 1. The van der Waals surface area contributed by atoms with Gasteiger partial charge in [-0.05, 0) is 37.6 Å². The molecule has 1 N–H and O–H groups in total. The first-order valence-corrected chi connectivity index (χ1v) is 9.49. The van der Waals surface area contributed by atoms with Gasteiger partial charge < -0.3 is 15.0 Å². The van der Waals surface area contributed by atoms with Crippen LogP contribution in [0.15, 0.2) is 42.6 Å². The summed E-state index contributed by atoms with van der Waals surface area (Å²) in [4.78, 5) is 19.1. The molecular formula is C20H24N6O2. The summed E-state index contributed by atoms with van der Waals surface area (Å²) in [5.74, 6) is 0.821. The van der Waals surface area contributed by atoms with Crippen LogP contribution in [0.3, 0.4) is 0 Å². The van der Waals surface area contributed by atoms with Crippen LogP contribution in [0.2, 0.25) is 0 Å². The molecule has 0 bridgehead atoms. The fourth-order valence-corrected chi connectivity index (χ4v) is 3.50. The van der Waals surface area contributed by atoms with E-state index in [2.05, 4.69) is 39.4 Å². The Morgan fingerprint density at radius 3 is 2.71 bits per heavy atom. The Labute approximate surface area is 163 Å². The molecule has 8 nitrogen and oxygen atoms in total. The van der Waals surface area contributed by atoms with Gasteiger partial charge in [-0.1, -0.05) is 23.4 Å². The Balaban J connectivity index is 1.33. The van der Waals surface area contributed by atoms with Crippen LogP contribution in [0.5, 0.6) is 0 Å². The molecule has 1 aliphatic heterocycles. The van der Waals surface area contributed by atoms with Crippen molar-refractivity contribution in [2.75, 3.05) is 18.0 Å². The summed E-state index contributed by atoms with van der Waals surface area (Å²) in [7, 11) is 0. The van der Waals surface area contributed by atoms with E-state index in [1.807, 2.05) is 42.6 Å². The van der Waals surface area contributed by atoms with Gasteiger partial charge in [0.2, 0.25) is 5.91 Å². The van der Waals surface area contributed by atoms with E-state index >= 15 is 0 Å². The highest BCUT2D eigenvalue weighted by molar-refractivity contribution is 5.79. The number of amides is 1. The average Bonchev–Trinajstić information content (AvgIpc) is 3.09. The number of benzene rings is 1. The fraction of sp³-hybridized carbons (Fsp3) is 0.400. The van der Waals surface area contributed by atoms with Crippen molar-refractivity contribution in [1.29, 1.82) is 0 Å². The van der Waals surface area contributed by atoms with Gasteiger partial charge in [0.05, 0.1) is 17.7 Å². The van der Waals surface area contributed by atoms with E-state index in [0.29, 0.717) is 6.54 Å². The highest BCUT2D eigenvalue weighted by Crippen LogP contribution is 2.18. The molecule has 28 heavy (non-hydrogen) atoms. The number of nitrogens with one attached hydrogen (secondary N) is 1. The molecule has 1 fully saturated rings. The molecule has 2 atom stereocenters. The van der Waals surface area contributed by atoms with Crippen LogP contribution in [0.4, 0.5) is 5.82 Å². The standard InChI is InChI=1S/C20H24N6O2/c1-14-11-25(12-15(2)28-14)19-8-7-16(9-21-19)10-22-20(27)13-26-18-6-4-3-5-17(18)23-24-26/h3-9,14-15H,10-13H2,1-2H3,(H,22,27). The average molecular weight is 380 g/mol. The van der Waals surface area contributed by atoms with Crippen LogP contribution in [0.25, 0.3) is 11.0 Å².